The van der Waals surface area contributed by atoms with Crippen LogP contribution in [0.15, 0.2) is 0 Å². The van der Waals surface area contributed by atoms with Crippen LogP contribution in [0.5, 0.6) is 0 Å². The molecule has 0 aliphatic carbocycles. The number of quaternary nitrogens is 1. The molecule has 0 atom stereocenters. The molecule has 80 valence electrons. The molecule has 0 saturated heterocycles. The summed E-state index contributed by atoms with van der Waals surface area (Å²) in [5.41, 5.74) is 0. The average molecular weight is 190 g/mol. The Morgan fingerprint density at radius 2 is 1.15 bits per heavy atom. The van der Waals surface area contributed by atoms with Crippen LogP contribution in [0.25, 0.3) is 0 Å². The van der Waals surface area contributed by atoms with Gasteiger partial charge in [0.2, 0.25) is 0 Å². The van der Waals surface area contributed by atoms with Gasteiger partial charge in [-0.1, -0.05) is 0 Å². The van der Waals surface area contributed by atoms with Crippen molar-refractivity contribution in [1.29, 1.82) is 0 Å². The first-order chi connectivity index (χ1) is 6.12. The van der Waals surface area contributed by atoms with Gasteiger partial charge in [0.05, 0.1) is 27.2 Å². The third kappa shape index (κ3) is 8.22. The number of hydrogen-bond acceptors (Lipinski definition) is 2. The van der Waals surface area contributed by atoms with Crippen molar-refractivity contribution in [2.45, 2.75) is 25.7 Å². The van der Waals surface area contributed by atoms with Gasteiger partial charge in [0.15, 0.2) is 0 Å². The highest BCUT2D eigenvalue weighted by Crippen LogP contribution is 2.04. The average Bonchev–Trinajstić information content (AvgIpc) is 2.05. The van der Waals surface area contributed by atoms with Crippen LogP contribution in [-0.4, -0.2) is 55.1 Å². The fourth-order valence-electron chi connectivity index (χ4n) is 1.42. The zero-order chi connectivity index (χ0) is 10.2. The third-order valence-electron chi connectivity index (χ3n) is 2.34. The topological polar surface area (TPSA) is 40.5 Å². The first kappa shape index (κ1) is 12.9. The molecular formula is C10H24NO2+. The zero-order valence-corrected chi connectivity index (χ0v) is 9.00. The van der Waals surface area contributed by atoms with Crippen LogP contribution >= 0.6 is 0 Å². The van der Waals surface area contributed by atoms with Crippen LogP contribution in [0.2, 0.25) is 0 Å². The molecule has 0 amide bonds. The summed E-state index contributed by atoms with van der Waals surface area (Å²) in [4.78, 5) is 0. The minimum atomic E-state index is 0.302. The lowest BCUT2D eigenvalue weighted by molar-refractivity contribution is -0.890. The van der Waals surface area contributed by atoms with Gasteiger partial charge in [-0.05, 0) is 25.7 Å². The highest BCUT2D eigenvalue weighted by Gasteiger charge is 2.12. The van der Waals surface area contributed by atoms with Crippen LogP contribution in [-0.2, 0) is 0 Å². The summed E-state index contributed by atoms with van der Waals surface area (Å²) in [6.45, 7) is 2.84. The molecule has 0 aliphatic heterocycles. The molecule has 0 heterocycles. The molecule has 0 aliphatic rings. The van der Waals surface area contributed by atoms with E-state index in [-0.39, 0.29) is 0 Å². The van der Waals surface area contributed by atoms with E-state index in [1.165, 1.54) is 0 Å². The van der Waals surface area contributed by atoms with Gasteiger partial charge in [0.25, 0.3) is 0 Å². The highest BCUT2D eigenvalue weighted by molar-refractivity contribution is 4.41. The lowest BCUT2D eigenvalue weighted by Gasteiger charge is -2.29. The van der Waals surface area contributed by atoms with Crippen LogP contribution in [0.3, 0.4) is 0 Å². The predicted octanol–water partition coefficient (Wildman–Crippen LogP) is 0.608. The quantitative estimate of drug-likeness (QED) is 0.435. The predicted molar refractivity (Wildman–Crippen MR) is 54.5 cm³/mol. The Morgan fingerprint density at radius 3 is 1.46 bits per heavy atom. The summed E-state index contributed by atoms with van der Waals surface area (Å²) < 4.78 is 1.00. The largest absolute Gasteiger partial charge is 0.396 e. The number of aliphatic hydroxyl groups excluding tert-OH is 2. The zero-order valence-electron chi connectivity index (χ0n) is 9.00. The maximum Gasteiger partial charge on any atom is 0.0783 e. The van der Waals surface area contributed by atoms with Crippen molar-refractivity contribution in [2.75, 3.05) is 40.4 Å². The van der Waals surface area contributed by atoms with E-state index in [4.69, 9.17) is 10.2 Å². The van der Waals surface area contributed by atoms with E-state index in [9.17, 15) is 0 Å². The monoisotopic (exact) mass is 190 g/mol. The summed E-state index contributed by atoms with van der Waals surface area (Å²) in [5.74, 6) is 0. The van der Waals surface area contributed by atoms with Gasteiger partial charge in [-0.25, -0.2) is 0 Å². The van der Waals surface area contributed by atoms with Crippen molar-refractivity contribution in [3.05, 3.63) is 0 Å². The first-order valence-electron chi connectivity index (χ1n) is 5.16. The highest BCUT2D eigenvalue weighted by atomic mass is 16.3. The second-order valence-electron chi connectivity index (χ2n) is 4.24. The molecule has 3 heteroatoms. The Morgan fingerprint density at radius 1 is 0.769 bits per heavy atom. The normalized spacial score (nSPS) is 12.0. The molecule has 0 spiro atoms. The lowest BCUT2D eigenvalue weighted by atomic mass is 10.2. The fraction of sp³-hybridized carbons (Fsp3) is 1.00. The Labute approximate surface area is 81.6 Å². The molecule has 0 bridgehead atoms. The molecule has 0 radical (unpaired) electrons. The van der Waals surface area contributed by atoms with E-state index in [1.807, 2.05) is 0 Å². The Balaban J connectivity index is 3.42. The first-order valence-corrected chi connectivity index (χ1v) is 5.16. The maximum absolute atomic E-state index is 8.64. The van der Waals surface area contributed by atoms with Crippen molar-refractivity contribution in [1.82, 2.24) is 0 Å². The van der Waals surface area contributed by atoms with Crippen LogP contribution in [0.4, 0.5) is 0 Å². The van der Waals surface area contributed by atoms with E-state index in [2.05, 4.69) is 14.1 Å². The molecule has 0 rings (SSSR count). The maximum atomic E-state index is 8.64. The smallest absolute Gasteiger partial charge is 0.0783 e. The molecule has 0 saturated carbocycles. The molecule has 0 aromatic heterocycles. The number of unbranched alkanes of at least 4 members (excludes halogenated alkanes) is 2. The van der Waals surface area contributed by atoms with Crippen molar-refractivity contribution >= 4 is 0 Å². The second-order valence-corrected chi connectivity index (χ2v) is 4.24. The molecule has 0 fully saturated rings. The van der Waals surface area contributed by atoms with E-state index in [1.54, 1.807) is 0 Å². The summed E-state index contributed by atoms with van der Waals surface area (Å²) in [5, 5.41) is 17.3. The molecule has 13 heavy (non-hydrogen) atoms. The summed E-state index contributed by atoms with van der Waals surface area (Å²) in [6, 6.07) is 0. The Bertz CT molecular complexity index is 103. The molecule has 3 nitrogen and oxygen atoms in total. The van der Waals surface area contributed by atoms with Crippen LogP contribution < -0.4 is 0 Å². The minimum Gasteiger partial charge on any atom is -0.396 e. The van der Waals surface area contributed by atoms with Gasteiger partial charge in [-0.3, -0.25) is 0 Å². The van der Waals surface area contributed by atoms with Gasteiger partial charge < -0.3 is 14.7 Å². The Kier molecular flexibility index (Phi) is 7.23. The number of hydrogen-bond donors (Lipinski definition) is 2. The van der Waals surface area contributed by atoms with Gasteiger partial charge >= 0.3 is 0 Å². The second kappa shape index (κ2) is 7.30. The standard InChI is InChI=1S/C10H24NO2/c1-11(2,7-3-5-9-12)8-4-6-10-13/h12-13H,3-10H2,1-2H3/q+1. The van der Waals surface area contributed by atoms with Crippen molar-refractivity contribution in [3.63, 3.8) is 0 Å². The third-order valence-corrected chi connectivity index (χ3v) is 2.34. The van der Waals surface area contributed by atoms with E-state index >= 15 is 0 Å². The van der Waals surface area contributed by atoms with E-state index in [0.717, 1.165) is 43.3 Å². The molecule has 0 aromatic rings. The summed E-state index contributed by atoms with van der Waals surface area (Å²) in [6.07, 6.45) is 3.98. The summed E-state index contributed by atoms with van der Waals surface area (Å²) in [7, 11) is 4.41. The Hall–Kier alpha value is -0.120. The van der Waals surface area contributed by atoms with Crippen LogP contribution in [0, 0.1) is 0 Å². The molecule has 2 N–H and O–H groups in total. The molecular weight excluding hydrogens is 166 g/mol. The minimum absolute atomic E-state index is 0.302. The van der Waals surface area contributed by atoms with Crippen molar-refractivity contribution in [3.8, 4) is 0 Å². The number of nitrogens with zero attached hydrogens (tertiary/aromatic N) is 1. The van der Waals surface area contributed by atoms with Crippen LogP contribution in [0.1, 0.15) is 25.7 Å². The van der Waals surface area contributed by atoms with Gasteiger partial charge in [-0.15, -0.1) is 0 Å². The lowest BCUT2D eigenvalue weighted by Crippen LogP contribution is -2.41. The molecule has 0 aromatic carbocycles. The molecule has 0 unspecified atom stereocenters. The number of aliphatic hydroxyl groups is 2. The van der Waals surface area contributed by atoms with Crippen molar-refractivity contribution in [2.24, 2.45) is 0 Å². The fourth-order valence-corrected chi connectivity index (χ4v) is 1.42. The van der Waals surface area contributed by atoms with Crippen molar-refractivity contribution < 1.29 is 14.7 Å². The van der Waals surface area contributed by atoms with E-state index in [0.29, 0.717) is 13.2 Å². The van der Waals surface area contributed by atoms with Gasteiger partial charge in [0.1, 0.15) is 0 Å². The SMILES string of the molecule is C[N+](C)(CCCCO)CCCCO. The number of rotatable bonds is 8. The van der Waals surface area contributed by atoms with Gasteiger partial charge in [0, 0.05) is 13.2 Å². The van der Waals surface area contributed by atoms with Gasteiger partial charge in [-0.2, -0.15) is 0 Å². The summed E-state index contributed by atoms with van der Waals surface area (Å²) >= 11 is 0. The van der Waals surface area contributed by atoms with E-state index < -0.39 is 0 Å².